The first-order chi connectivity index (χ1) is 10.6. The van der Waals surface area contributed by atoms with Crippen molar-refractivity contribution in [3.8, 4) is 11.5 Å². The third kappa shape index (κ3) is 2.31. The van der Waals surface area contributed by atoms with Gasteiger partial charge in [-0.05, 0) is 12.8 Å². The summed E-state index contributed by atoms with van der Waals surface area (Å²) in [5.74, 6) is 3.42. The van der Waals surface area contributed by atoms with Gasteiger partial charge in [-0.1, -0.05) is 19.1 Å². The van der Waals surface area contributed by atoms with Crippen LogP contribution in [-0.2, 0) is 6.54 Å². The van der Waals surface area contributed by atoms with Gasteiger partial charge in [0.1, 0.15) is 19.0 Å². The van der Waals surface area contributed by atoms with Crippen LogP contribution in [0, 0.1) is 5.92 Å². The van der Waals surface area contributed by atoms with E-state index in [1.807, 2.05) is 12.1 Å². The van der Waals surface area contributed by atoms with Gasteiger partial charge in [0.15, 0.2) is 11.5 Å². The molecule has 0 radical (unpaired) electrons. The Labute approximate surface area is 134 Å². The van der Waals surface area contributed by atoms with Crippen molar-refractivity contribution in [1.82, 2.24) is 9.55 Å². The van der Waals surface area contributed by atoms with Gasteiger partial charge < -0.3 is 19.8 Å². The summed E-state index contributed by atoms with van der Waals surface area (Å²) in [6.07, 6.45) is 2.41. The average Bonchev–Trinajstić information content (AvgIpc) is 3.29. The first kappa shape index (κ1) is 13.8. The molecular formula is C16H19N3O2S. The fourth-order valence-electron chi connectivity index (χ4n) is 2.89. The highest BCUT2D eigenvalue weighted by Gasteiger charge is 2.31. The molecule has 2 aromatic rings. The lowest BCUT2D eigenvalue weighted by Crippen LogP contribution is -2.23. The monoisotopic (exact) mass is 317 g/mol. The van der Waals surface area contributed by atoms with Crippen LogP contribution in [0.25, 0.3) is 11.0 Å². The van der Waals surface area contributed by atoms with Gasteiger partial charge in [-0.15, -0.1) is 0 Å². The van der Waals surface area contributed by atoms with E-state index in [1.54, 1.807) is 0 Å². The van der Waals surface area contributed by atoms with Crippen LogP contribution in [0.4, 0.5) is 0 Å². The number of hydrogen-bond acceptors (Lipinski definition) is 4. The van der Waals surface area contributed by atoms with Crippen LogP contribution in [0.2, 0.25) is 0 Å². The number of ether oxygens (including phenoxy) is 2. The molecule has 1 atom stereocenters. The van der Waals surface area contributed by atoms with Crippen LogP contribution in [0.3, 0.4) is 0 Å². The molecule has 6 heteroatoms. The Kier molecular flexibility index (Phi) is 3.22. The minimum Gasteiger partial charge on any atom is -0.486 e. The smallest absolute Gasteiger partial charge is 0.163 e. The van der Waals surface area contributed by atoms with Gasteiger partial charge in [-0.25, -0.2) is 4.98 Å². The molecule has 0 amide bonds. The summed E-state index contributed by atoms with van der Waals surface area (Å²) in [4.78, 5) is 5.38. The largest absolute Gasteiger partial charge is 0.486 e. The highest BCUT2D eigenvalue weighted by molar-refractivity contribution is 7.80. The molecule has 5 nitrogen and oxygen atoms in total. The minimum absolute atomic E-state index is 0.137. The minimum atomic E-state index is 0.137. The Morgan fingerprint density at radius 1 is 1.36 bits per heavy atom. The third-order valence-electron chi connectivity index (χ3n) is 4.33. The Morgan fingerprint density at radius 3 is 2.68 bits per heavy atom. The molecule has 1 aliphatic heterocycles. The number of nitrogens with zero attached hydrogens (tertiary/aromatic N) is 2. The molecule has 1 fully saturated rings. The van der Waals surface area contributed by atoms with Crippen LogP contribution in [0.5, 0.6) is 11.5 Å². The lowest BCUT2D eigenvalue weighted by Gasteiger charge is -2.19. The van der Waals surface area contributed by atoms with E-state index >= 15 is 0 Å². The van der Waals surface area contributed by atoms with E-state index in [1.165, 1.54) is 12.8 Å². The average molecular weight is 317 g/mol. The van der Waals surface area contributed by atoms with Crippen LogP contribution < -0.4 is 15.2 Å². The molecule has 116 valence electrons. The molecule has 22 heavy (non-hydrogen) atoms. The van der Waals surface area contributed by atoms with E-state index in [-0.39, 0.29) is 5.92 Å². The quantitative estimate of drug-likeness (QED) is 0.878. The second-order valence-electron chi connectivity index (χ2n) is 6.14. The van der Waals surface area contributed by atoms with Crippen LogP contribution >= 0.6 is 12.2 Å². The van der Waals surface area contributed by atoms with Crippen LogP contribution in [0.15, 0.2) is 12.1 Å². The maximum atomic E-state index is 5.80. The number of benzene rings is 1. The van der Waals surface area contributed by atoms with Gasteiger partial charge in [0.2, 0.25) is 0 Å². The molecule has 4 rings (SSSR count). The summed E-state index contributed by atoms with van der Waals surface area (Å²) in [6.45, 7) is 4.00. The lowest BCUT2D eigenvalue weighted by atomic mass is 10.1. The fraction of sp³-hybridized carbons (Fsp3) is 0.500. The van der Waals surface area contributed by atoms with E-state index in [4.69, 9.17) is 32.4 Å². The molecular weight excluding hydrogens is 298 g/mol. The zero-order valence-electron chi connectivity index (χ0n) is 12.5. The number of aromatic nitrogens is 2. The molecule has 0 saturated heterocycles. The Bertz CT molecular complexity index is 751. The summed E-state index contributed by atoms with van der Waals surface area (Å²) in [5, 5.41) is 0. The predicted molar refractivity (Wildman–Crippen MR) is 88.6 cm³/mol. The first-order valence-electron chi connectivity index (χ1n) is 7.72. The molecule has 1 saturated carbocycles. The zero-order valence-corrected chi connectivity index (χ0v) is 13.4. The van der Waals surface area contributed by atoms with Crippen molar-refractivity contribution in [2.45, 2.75) is 32.2 Å². The van der Waals surface area contributed by atoms with Gasteiger partial charge in [0.25, 0.3) is 0 Å². The van der Waals surface area contributed by atoms with Crippen molar-refractivity contribution >= 4 is 28.2 Å². The maximum absolute atomic E-state index is 5.80. The van der Waals surface area contributed by atoms with Crippen molar-refractivity contribution < 1.29 is 9.47 Å². The van der Waals surface area contributed by atoms with Crippen LogP contribution in [-0.4, -0.2) is 27.8 Å². The number of rotatable bonds is 4. The molecule has 1 unspecified atom stereocenters. The lowest BCUT2D eigenvalue weighted by molar-refractivity contribution is 0.172. The third-order valence-corrected chi connectivity index (χ3v) is 4.73. The molecule has 0 spiro atoms. The second kappa shape index (κ2) is 5.12. The van der Waals surface area contributed by atoms with Crippen molar-refractivity contribution in [1.29, 1.82) is 0 Å². The van der Waals surface area contributed by atoms with Crippen molar-refractivity contribution in [3.05, 3.63) is 18.0 Å². The number of thiocarbonyl (C=S) groups is 1. The zero-order chi connectivity index (χ0) is 15.3. The Balaban J connectivity index is 1.84. The van der Waals surface area contributed by atoms with Gasteiger partial charge in [0.05, 0.1) is 16.0 Å². The standard InChI is InChI=1S/C16H19N3O2S/c1-9(15(17)22)8-19-12-7-14-13(20-4-5-21-14)6-11(12)18-16(19)10-2-3-10/h6-7,9-10H,2-5,8H2,1H3,(H2,17,22). The van der Waals surface area contributed by atoms with Gasteiger partial charge in [0, 0.05) is 30.5 Å². The van der Waals surface area contributed by atoms with E-state index in [9.17, 15) is 0 Å². The molecule has 1 aromatic heterocycles. The fourth-order valence-corrected chi connectivity index (χ4v) is 2.96. The first-order valence-corrected chi connectivity index (χ1v) is 8.13. The normalized spacial score (nSPS) is 18.4. The van der Waals surface area contributed by atoms with Gasteiger partial charge >= 0.3 is 0 Å². The maximum Gasteiger partial charge on any atom is 0.163 e. The summed E-state index contributed by atoms with van der Waals surface area (Å²) < 4.78 is 13.6. The van der Waals surface area contributed by atoms with Gasteiger partial charge in [-0.3, -0.25) is 0 Å². The van der Waals surface area contributed by atoms with Crippen molar-refractivity contribution in [2.75, 3.05) is 13.2 Å². The predicted octanol–water partition coefficient (Wildman–Crippen LogP) is 2.61. The second-order valence-corrected chi connectivity index (χ2v) is 6.61. The van der Waals surface area contributed by atoms with Gasteiger partial charge in [-0.2, -0.15) is 0 Å². The molecule has 2 N–H and O–H groups in total. The number of hydrogen-bond donors (Lipinski definition) is 1. The molecule has 2 aliphatic rings. The summed E-state index contributed by atoms with van der Waals surface area (Å²) in [5.41, 5.74) is 7.84. The van der Waals surface area contributed by atoms with Crippen LogP contribution in [0.1, 0.15) is 31.5 Å². The SMILES string of the molecule is CC(Cn1c(C2CC2)nc2cc3c(cc21)OCCO3)C(N)=S. The van der Waals surface area contributed by atoms with E-state index in [0.717, 1.165) is 34.9 Å². The number of fused-ring (bicyclic) bond motifs is 2. The van der Waals surface area contributed by atoms with E-state index < -0.39 is 0 Å². The van der Waals surface area contributed by atoms with Crippen molar-refractivity contribution in [3.63, 3.8) is 0 Å². The molecule has 1 aliphatic carbocycles. The molecule has 1 aromatic carbocycles. The molecule has 2 heterocycles. The number of nitrogens with two attached hydrogens (primary N) is 1. The summed E-state index contributed by atoms with van der Waals surface area (Å²) in [6, 6.07) is 4.02. The Hall–Kier alpha value is -1.82. The molecule has 0 bridgehead atoms. The number of imidazole rings is 1. The Morgan fingerprint density at radius 2 is 2.05 bits per heavy atom. The highest BCUT2D eigenvalue weighted by atomic mass is 32.1. The van der Waals surface area contributed by atoms with E-state index in [2.05, 4.69) is 11.5 Å². The summed E-state index contributed by atoms with van der Waals surface area (Å²) >= 11 is 5.14. The summed E-state index contributed by atoms with van der Waals surface area (Å²) in [7, 11) is 0. The topological polar surface area (TPSA) is 62.3 Å². The van der Waals surface area contributed by atoms with E-state index in [0.29, 0.717) is 24.1 Å². The highest BCUT2D eigenvalue weighted by Crippen LogP contribution is 2.42. The van der Waals surface area contributed by atoms with Crippen molar-refractivity contribution in [2.24, 2.45) is 11.7 Å².